The first-order valence-electron chi connectivity index (χ1n) is 7.45. The van der Waals surface area contributed by atoms with E-state index >= 15 is 0 Å². The molecule has 0 radical (unpaired) electrons. The third-order valence-corrected chi connectivity index (χ3v) is 4.56. The highest BCUT2D eigenvalue weighted by Gasteiger charge is 2.61. The SMILES string of the molecule is CCOC(=O)[C@H]1C(=O)O[C@@H]2CCC(C(=O)OC)(C(=O)OC)C[C@H]12. The maximum atomic E-state index is 12.2. The molecule has 0 aromatic carbocycles. The Balaban J connectivity index is 2.33. The van der Waals surface area contributed by atoms with E-state index in [0.717, 1.165) is 0 Å². The van der Waals surface area contributed by atoms with Crippen molar-refractivity contribution in [3.8, 4) is 0 Å². The Morgan fingerprint density at radius 2 is 1.83 bits per heavy atom. The Kier molecular flexibility index (Phi) is 4.91. The lowest BCUT2D eigenvalue weighted by atomic mass is 9.66. The van der Waals surface area contributed by atoms with E-state index in [9.17, 15) is 19.2 Å². The van der Waals surface area contributed by atoms with Gasteiger partial charge in [-0.05, 0) is 26.2 Å². The number of ether oxygens (including phenoxy) is 4. The lowest BCUT2D eigenvalue weighted by Crippen LogP contribution is -2.49. The summed E-state index contributed by atoms with van der Waals surface area (Å²) >= 11 is 0. The zero-order valence-corrected chi connectivity index (χ0v) is 13.3. The van der Waals surface area contributed by atoms with Gasteiger partial charge in [0.15, 0.2) is 11.3 Å². The smallest absolute Gasteiger partial charge is 0.323 e. The van der Waals surface area contributed by atoms with Crippen LogP contribution in [0.3, 0.4) is 0 Å². The fourth-order valence-corrected chi connectivity index (χ4v) is 3.46. The Labute approximate surface area is 133 Å². The minimum absolute atomic E-state index is 0.0494. The Hall–Kier alpha value is -2.12. The van der Waals surface area contributed by atoms with Crippen molar-refractivity contribution in [3.63, 3.8) is 0 Å². The van der Waals surface area contributed by atoms with E-state index < -0.39 is 47.2 Å². The van der Waals surface area contributed by atoms with Crippen molar-refractivity contribution in [1.82, 2.24) is 0 Å². The molecule has 2 aliphatic rings. The summed E-state index contributed by atoms with van der Waals surface area (Å²) in [5.74, 6) is -4.59. The second-order valence-electron chi connectivity index (χ2n) is 5.68. The van der Waals surface area contributed by atoms with Crippen molar-refractivity contribution in [3.05, 3.63) is 0 Å². The van der Waals surface area contributed by atoms with Gasteiger partial charge in [0.25, 0.3) is 0 Å². The zero-order valence-electron chi connectivity index (χ0n) is 13.3. The predicted molar refractivity (Wildman–Crippen MR) is 73.8 cm³/mol. The number of methoxy groups -OCH3 is 2. The topological polar surface area (TPSA) is 105 Å². The summed E-state index contributed by atoms with van der Waals surface area (Å²) in [5, 5.41) is 0. The first-order valence-corrected chi connectivity index (χ1v) is 7.45. The van der Waals surface area contributed by atoms with Crippen LogP contribution in [0.15, 0.2) is 0 Å². The Bertz CT molecular complexity index is 510. The van der Waals surface area contributed by atoms with Gasteiger partial charge in [0.1, 0.15) is 6.10 Å². The van der Waals surface area contributed by atoms with Gasteiger partial charge in [0.2, 0.25) is 0 Å². The van der Waals surface area contributed by atoms with Crippen LogP contribution in [0.2, 0.25) is 0 Å². The molecule has 0 amide bonds. The highest BCUT2D eigenvalue weighted by molar-refractivity contribution is 6.01. The summed E-state index contributed by atoms with van der Waals surface area (Å²) in [5.41, 5.74) is -1.52. The van der Waals surface area contributed by atoms with Gasteiger partial charge in [0.05, 0.1) is 20.8 Å². The van der Waals surface area contributed by atoms with Gasteiger partial charge in [-0.2, -0.15) is 0 Å². The number of esters is 4. The van der Waals surface area contributed by atoms with Crippen molar-refractivity contribution in [1.29, 1.82) is 0 Å². The maximum Gasteiger partial charge on any atom is 0.323 e. The normalized spacial score (nSPS) is 28.3. The number of carbonyl (C=O) groups excluding carboxylic acids is 4. The van der Waals surface area contributed by atoms with E-state index in [-0.39, 0.29) is 25.9 Å². The molecule has 2 fully saturated rings. The number of carbonyl (C=O) groups is 4. The molecule has 128 valence electrons. The monoisotopic (exact) mass is 328 g/mol. The van der Waals surface area contributed by atoms with E-state index in [2.05, 4.69) is 0 Å². The van der Waals surface area contributed by atoms with Crippen molar-refractivity contribution in [2.75, 3.05) is 20.8 Å². The van der Waals surface area contributed by atoms with Crippen LogP contribution >= 0.6 is 0 Å². The van der Waals surface area contributed by atoms with Gasteiger partial charge in [-0.3, -0.25) is 19.2 Å². The summed E-state index contributed by atoms with van der Waals surface area (Å²) in [6.07, 6.45) is -0.154. The summed E-state index contributed by atoms with van der Waals surface area (Å²) in [4.78, 5) is 48.4. The molecule has 0 aromatic heterocycles. The molecule has 1 heterocycles. The highest BCUT2D eigenvalue weighted by atomic mass is 16.6. The lowest BCUT2D eigenvalue weighted by Gasteiger charge is -2.37. The van der Waals surface area contributed by atoms with Gasteiger partial charge in [-0.15, -0.1) is 0 Å². The molecule has 1 saturated carbocycles. The van der Waals surface area contributed by atoms with Crippen LogP contribution < -0.4 is 0 Å². The molecule has 23 heavy (non-hydrogen) atoms. The molecular formula is C15H20O8. The van der Waals surface area contributed by atoms with Crippen molar-refractivity contribution in [2.24, 2.45) is 17.3 Å². The largest absolute Gasteiger partial charge is 0.468 e. The predicted octanol–water partition coefficient (Wildman–Crippen LogP) is 0.224. The van der Waals surface area contributed by atoms with Crippen molar-refractivity contribution < 1.29 is 38.1 Å². The number of hydrogen-bond acceptors (Lipinski definition) is 8. The average molecular weight is 328 g/mol. The van der Waals surface area contributed by atoms with Crippen LogP contribution in [-0.4, -0.2) is 50.8 Å². The number of fused-ring (bicyclic) bond motifs is 1. The molecule has 1 aliphatic heterocycles. The fourth-order valence-electron chi connectivity index (χ4n) is 3.46. The summed E-state index contributed by atoms with van der Waals surface area (Å²) in [6.45, 7) is 1.75. The maximum absolute atomic E-state index is 12.2. The van der Waals surface area contributed by atoms with Crippen molar-refractivity contribution >= 4 is 23.9 Å². The molecule has 1 aliphatic carbocycles. The minimum Gasteiger partial charge on any atom is -0.468 e. The van der Waals surface area contributed by atoms with E-state index in [1.807, 2.05) is 0 Å². The number of rotatable bonds is 4. The average Bonchev–Trinajstić information content (AvgIpc) is 2.87. The van der Waals surface area contributed by atoms with E-state index in [4.69, 9.17) is 18.9 Å². The first-order chi connectivity index (χ1) is 10.9. The standard InChI is InChI=1S/C15H20O8/c1-4-22-11(16)10-8-7-15(13(18)20-2,14(19)21-3)6-5-9(8)23-12(10)17/h8-10H,4-7H2,1-3H3/t8-,9+,10-/m0/s1. The second kappa shape index (κ2) is 6.55. The molecule has 2 rings (SSSR count). The van der Waals surface area contributed by atoms with E-state index in [1.54, 1.807) is 6.92 Å². The van der Waals surface area contributed by atoms with Crippen LogP contribution in [0.5, 0.6) is 0 Å². The van der Waals surface area contributed by atoms with Crippen molar-refractivity contribution in [2.45, 2.75) is 32.3 Å². The van der Waals surface area contributed by atoms with Crippen LogP contribution in [0.1, 0.15) is 26.2 Å². The molecule has 0 spiro atoms. The molecule has 0 N–H and O–H groups in total. The third kappa shape index (κ3) is 2.77. The lowest BCUT2D eigenvalue weighted by molar-refractivity contribution is -0.176. The summed E-state index contributed by atoms with van der Waals surface area (Å²) in [7, 11) is 2.36. The molecule has 0 aromatic rings. The van der Waals surface area contributed by atoms with Gasteiger partial charge < -0.3 is 18.9 Å². The second-order valence-corrected chi connectivity index (χ2v) is 5.68. The molecule has 8 heteroatoms. The van der Waals surface area contributed by atoms with Crippen LogP contribution in [0.4, 0.5) is 0 Å². The molecule has 3 atom stereocenters. The van der Waals surface area contributed by atoms with Crippen LogP contribution in [0.25, 0.3) is 0 Å². The first kappa shape index (κ1) is 17.2. The Morgan fingerprint density at radius 1 is 1.22 bits per heavy atom. The van der Waals surface area contributed by atoms with Crippen LogP contribution in [-0.2, 0) is 38.1 Å². The van der Waals surface area contributed by atoms with Crippen LogP contribution in [0, 0.1) is 17.3 Å². The Morgan fingerprint density at radius 3 is 2.35 bits per heavy atom. The minimum atomic E-state index is -1.52. The molecule has 0 unspecified atom stereocenters. The number of hydrogen-bond donors (Lipinski definition) is 0. The van der Waals surface area contributed by atoms with E-state index in [1.165, 1.54) is 14.2 Å². The highest BCUT2D eigenvalue weighted by Crippen LogP contribution is 2.48. The van der Waals surface area contributed by atoms with Gasteiger partial charge >= 0.3 is 23.9 Å². The quantitative estimate of drug-likeness (QED) is 0.410. The van der Waals surface area contributed by atoms with Gasteiger partial charge in [-0.1, -0.05) is 0 Å². The summed E-state index contributed by atoms with van der Waals surface area (Å²) < 4.78 is 19.6. The fraction of sp³-hybridized carbons (Fsp3) is 0.733. The molecule has 8 nitrogen and oxygen atoms in total. The molecule has 1 saturated heterocycles. The third-order valence-electron chi connectivity index (χ3n) is 4.56. The molecular weight excluding hydrogens is 308 g/mol. The van der Waals surface area contributed by atoms with Gasteiger partial charge in [-0.25, -0.2) is 0 Å². The zero-order chi connectivity index (χ0) is 17.2. The summed E-state index contributed by atoms with van der Waals surface area (Å²) in [6, 6.07) is 0. The van der Waals surface area contributed by atoms with E-state index in [0.29, 0.717) is 0 Å². The van der Waals surface area contributed by atoms with Gasteiger partial charge in [0, 0.05) is 5.92 Å². The molecule has 0 bridgehead atoms.